The molecule has 2 aromatic heterocycles. The second-order valence-corrected chi connectivity index (χ2v) is 6.82. The number of aromatic amines is 1. The molecule has 124 valence electrons. The van der Waals surface area contributed by atoms with Gasteiger partial charge in [0.15, 0.2) is 5.13 Å². The Hall–Kier alpha value is -1.93. The summed E-state index contributed by atoms with van der Waals surface area (Å²) in [6.45, 7) is 8.98. The van der Waals surface area contributed by atoms with Crippen LogP contribution in [0.4, 0.5) is 10.8 Å². The highest BCUT2D eigenvalue weighted by Gasteiger charge is 2.26. The lowest BCUT2D eigenvalue weighted by molar-refractivity contribution is -0.117. The van der Waals surface area contributed by atoms with E-state index >= 15 is 0 Å². The zero-order valence-electron chi connectivity index (χ0n) is 13.7. The van der Waals surface area contributed by atoms with Crippen LogP contribution in [0.15, 0.2) is 11.6 Å². The van der Waals surface area contributed by atoms with Gasteiger partial charge in [-0.1, -0.05) is 0 Å². The molecule has 0 bridgehead atoms. The fraction of sp³-hybridized carbons (Fsp3) is 0.533. The molecule has 1 aliphatic rings. The van der Waals surface area contributed by atoms with Crippen LogP contribution in [0.3, 0.4) is 0 Å². The van der Waals surface area contributed by atoms with Crippen molar-refractivity contribution in [1.29, 1.82) is 0 Å². The van der Waals surface area contributed by atoms with Crippen molar-refractivity contribution in [1.82, 2.24) is 20.1 Å². The highest BCUT2D eigenvalue weighted by molar-refractivity contribution is 7.13. The summed E-state index contributed by atoms with van der Waals surface area (Å²) in [4.78, 5) is 21.2. The van der Waals surface area contributed by atoms with Crippen LogP contribution in [0.2, 0.25) is 0 Å². The number of piperazine rings is 1. The van der Waals surface area contributed by atoms with Crippen LogP contribution in [-0.2, 0) is 4.79 Å². The van der Waals surface area contributed by atoms with Crippen LogP contribution >= 0.6 is 11.3 Å². The minimum absolute atomic E-state index is 0.00694. The largest absolute Gasteiger partial charge is 0.343 e. The van der Waals surface area contributed by atoms with Crippen molar-refractivity contribution >= 4 is 28.1 Å². The third-order valence-corrected chi connectivity index (χ3v) is 4.94. The number of aromatic nitrogens is 3. The van der Waals surface area contributed by atoms with Crippen molar-refractivity contribution in [3.05, 3.63) is 23.0 Å². The Balaban J connectivity index is 1.54. The van der Waals surface area contributed by atoms with Gasteiger partial charge in [0, 0.05) is 37.3 Å². The number of rotatable bonds is 4. The molecule has 3 rings (SSSR count). The Morgan fingerprint density at radius 3 is 2.91 bits per heavy atom. The molecule has 23 heavy (non-hydrogen) atoms. The van der Waals surface area contributed by atoms with Crippen LogP contribution in [0.25, 0.3) is 0 Å². The first-order valence-corrected chi connectivity index (χ1v) is 8.62. The molecule has 0 radical (unpaired) electrons. The maximum absolute atomic E-state index is 12.3. The number of H-pyrrole nitrogens is 1. The van der Waals surface area contributed by atoms with Gasteiger partial charge in [-0.3, -0.25) is 14.8 Å². The molecule has 1 saturated heterocycles. The summed E-state index contributed by atoms with van der Waals surface area (Å²) < 4.78 is 0. The van der Waals surface area contributed by atoms with E-state index in [2.05, 4.69) is 37.2 Å². The number of nitrogens with zero attached hydrogens (tertiary/aromatic N) is 4. The maximum Gasteiger partial charge on any atom is 0.238 e. The van der Waals surface area contributed by atoms with E-state index in [0.29, 0.717) is 12.6 Å². The molecule has 2 aromatic rings. The average molecular weight is 334 g/mol. The molecule has 1 amide bonds. The van der Waals surface area contributed by atoms with Crippen LogP contribution in [0, 0.1) is 13.8 Å². The Kier molecular flexibility index (Phi) is 4.63. The molecule has 0 aliphatic carbocycles. The number of thiazole rings is 1. The SMILES string of the molecule is Cc1n[nH]c(C)c1NC(=O)CN1CCN(c2nccs2)[C@H](C)C1. The Labute approximate surface area is 139 Å². The average Bonchev–Trinajstić information content (AvgIpc) is 3.13. The molecule has 0 saturated carbocycles. The summed E-state index contributed by atoms with van der Waals surface area (Å²) in [7, 11) is 0. The predicted octanol–water partition coefficient (Wildman–Crippen LogP) is 1.63. The van der Waals surface area contributed by atoms with E-state index in [4.69, 9.17) is 0 Å². The Morgan fingerprint density at radius 2 is 2.30 bits per heavy atom. The van der Waals surface area contributed by atoms with Crippen molar-refractivity contribution in [2.24, 2.45) is 0 Å². The van der Waals surface area contributed by atoms with Gasteiger partial charge in [0.25, 0.3) is 0 Å². The smallest absolute Gasteiger partial charge is 0.238 e. The molecule has 7 nitrogen and oxygen atoms in total. The second kappa shape index (κ2) is 6.67. The van der Waals surface area contributed by atoms with Gasteiger partial charge in [-0.15, -0.1) is 11.3 Å². The summed E-state index contributed by atoms with van der Waals surface area (Å²) in [6.07, 6.45) is 1.84. The molecule has 1 aliphatic heterocycles. The fourth-order valence-corrected chi connectivity index (χ4v) is 3.71. The molecule has 0 unspecified atom stereocenters. The minimum atomic E-state index is 0.00694. The van der Waals surface area contributed by atoms with Crippen molar-refractivity contribution in [3.63, 3.8) is 0 Å². The van der Waals surface area contributed by atoms with Crippen LogP contribution in [0.5, 0.6) is 0 Å². The van der Waals surface area contributed by atoms with Gasteiger partial charge in [0.05, 0.1) is 23.6 Å². The number of nitrogens with one attached hydrogen (secondary N) is 2. The van der Waals surface area contributed by atoms with Crippen LogP contribution in [0.1, 0.15) is 18.3 Å². The van der Waals surface area contributed by atoms with E-state index in [0.717, 1.165) is 41.8 Å². The monoisotopic (exact) mass is 334 g/mol. The van der Waals surface area contributed by atoms with E-state index in [-0.39, 0.29) is 5.91 Å². The first-order chi connectivity index (χ1) is 11.0. The lowest BCUT2D eigenvalue weighted by Gasteiger charge is -2.39. The number of aryl methyl sites for hydroxylation is 2. The van der Waals surface area contributed by atoms with Crippen molar-refractivity contribution < 1.29 is 4.79 Å². The minimum Gasteiger partial charge on any atom is -0.343 e. The third kappa shape index (κ3) is 3.53. The fourth-order valence-electron chi connectivity index (χ4n) is 2.94. The van der Waals surface area contributed by atoms with Crippen LogP contribution in [-0.4, -0.2) is 58.2 Å². The highest BCUT2D eigenvalue weighted by Crippen LogP contribution is 2.22. The van der Waals surface area contributed by atoms with Crippen LogP contribution < -0.4 is 10.2 Å². The van der Waals surface area contributed by atoms with Gasteiger partial charge in [0.2, 0.25) is 5.91 Å². The number of carbonyl (C=O) groups excluding carboxylic acids is 1. The molecule has 1 atom stereocenters. The number of hydrogen-bond donors (Lipinski definition) is 2. The Morgan fingerprint density at radius 1 is 1.48 bits per heavy atom. The van der Waals surface area contributed by atoms with E-state index < -0.39 is 0 Å². The zero-order valence-corrected chi connectivity index (χ0v) is 14.5. The lowest BCUT2D eigenvalue weighted by atomic mass is 10.2. The second-order valence-electron chi connectivity index (χ2n) is 5.95. The lowest BCUT2D eigenvalue weighted by Crippen LogP contribution is -2.53. The predicted molar refractivity (Wildman–Crippen MR) is 92.1 cm³/mol. The first-order valence-electron chi connectivity index (χ1n) is 7.74. The first kappa shape index (κ1) is 15.9. The molecule has 2 N–H and O–H groups in total. The van der Waals surface area contributed by atoms with E-state index in [1.165, 1.54) is 0 Å². The Bertz CT molecular complexity index is 648. The standard InChI is InChI=1S/C15H22N6OS/c1-10-8-20(5-6-21(10)15-16-4-7-23-15)9-13(22)17-14-11(2)18-19-12(14)3/h4,7,10H,5-6,8-9H2,1-3H3,(H,17,22)(H,18,19)/t10-/m1/s1. The zero-order chi connectivity index (χ0) is 16.4. The van der Waals surface area contributed by atoms with Crippen molar-refractivity contribution in [3.8, 4) is 0 Å². The quantitative estimate of drug-likeness (QED) is 0.889. The maximum atomic E-state index is 12.3. The van der Waals surface area contributed by atoms with Gasteiger partial charge in [-0.2, -0.15) is 5.10 Å². The molecule has 0 aromatic carbocycles. The summed E-state index contributed by atoms with van der Waals surface area (Å²) in [6, 6.07) is 0.347. The molecule has 3 heterocycles. The number of amides is 1. The van der Waals surface area contributed by atoms with Crippen molar-refractivity contribution in [2.75, 3.05) is 36.4 Å². The molecule has 0 spiro atoms. The topological polar surface area (TPSA) is 77.2 Å². The summed E-state index contributed by atoms with van der Waals surface area (Å²) in [5, 5.41) is 13.0. The normalized spacial score (nSPS) is 19.1. The number of hydrogen-bond acceptors (Lipinski definition) is 6. The van der Waals surface area contributed by atoms with Gasteiger partial charge in [-0.05, 0) is 20.8 Å². The van der Waals surface area contributed by atoms with Gasteiger partial charge in [-0.25, -0.2) is 4.98 Å². The summed E-state index contributed by atoms with van der Waals surface area (Å²) in [5.74, 6) is 0.00694. The molecule has 8 heteroatoms. The van der Waals surface area contributed by atoms with E-state index in [9.17, 15) is 4.79 Å². The van der Waals surface area contributed by atoms with E-state index in [1.54, 1.807) is 11.3 Å². The van der Waals surface area contributed by atoms with Gasteiger partial charge in [0.1, 0.15) is 0 Å². The number of anilines is 2. The molecular formula is C15H22N6OS. The number of carbonyl (C=O) groups is 1. The van der Waals surface area contributed by atoms with Gasteiger partial charge < -0.3 is 10.2 Å². The summed E-state index contributed by atoms with van der Waals surface area (Å²) in [5.41, 5.74) is 2.50. The molecular weight excluding hydrogens is 312 g/mol. The van der Waals surface area contributed by atoms with Gasteiger partial charge >= 0.3 is 0 Å². The van der Waals surface area contributed by atoms with E-state index in [1.807, 2.05) is 25.4 Å². The molecule has 1 fully saturated rings. The summed E-state index contributed by atoms with van der Waals surface area (Å²) >= 11 is 1.66. The van der Waals surface area contributed by atoms with Crippen molar-refractivity contribution in [2.45, 2.75) is 26.8 Å². The highest BCUT2D eigenvalue weighted by atomic mass is 32.1. The third-order valence-electron chi connectivity index (χ3n) is 4.14.